The molecule has 0 heterocycles. The number of rotatable bonds is 7. The van der Waals surface area contributed by atoms with E-state index in [9.17, 15) is 15.0 Å². The Bertz CT molecular complexity index is 732. The summed E-state index contributed by atoms with van der Waals surface area (Å²) in [5.41, 5.74) is 1.84. The number of para-hydroxylation sites is 1. The van der Waals surface area contributed by atoms with Crippen LogP contribution in [0.25, 0.3) is 0 Å². The van der Waals surface area contributed by atoms with Gasteiger partial charge in [-0.2, -0.15) is 0 Å². The Hall–Kier alpha value is -3.03. The summed E-state index contributed by atoms with van der Waals surface area (Å²) in [5.74, 6) is -0.133. The number of nitrogens with one attached hydrogen (secondary N) is 1. The summed E-state index contributed by atoms with van der Waals surface area (Å²) in [6.07, 6.45) is 0.234. The number of methoxy groups -OCH3 is 1. The van der Waals surface area contributed by atoms with Crippen LogP contribution < -0.4 is 15.0 Å². The van der Waals surface area contributed by atoms with Crippen LogP contribution in [0.2, 0.25) is 0 Å². The van der Waals surface area contributed by atoms with E-state index in [2.05, 4.69) is 0 Å². The third-order valence-electron chi connectivity index (χ3n) is 3.42. The van der Waals surface area contributed by atoms with Crippen molar-refractivity contribution in [2.45, 2.75) is 12.2 Å². The molecule has 2 rings (SSSR count). The van der Waals surface area contributed by atoms with E-state index < -0.39 is 18.1 Å². The van der Waals surface area contributed by atoms with E-state index in [0.717, 1.165) is 6.08 Å². The standard InChI is InChI=1S/C18H19NO6/c1-24-15-8-7-12(11-14(15)20)18(22)16(9-10-17(21)19-23)25-13-5-3-2-4-6-13/h2-11,16,18,20,22-23H,1H3,(H,19,21)/b10-9+/t16-,18-/m1/s1. The molecule has 0 saturated carbocycles. The van der Waals surface area contributed by atoms with Crippen LogP contribution in [0.15, 0.2) is 60.7 Å². The summed E-state index contributed by atoms with van der Waals surface area (Å²) in [5, 5.41) is 29.1. The third-order valence-corrected chi connectivity index (χ3v) is 3.42. The van der Waals surface area contributed by atoms with Crippen LogP contribution in [0, 0.1) is 0 Å². The Morgan fingerprint density at radius 2 is 1.92 bits per heavy atom. The van der Waals surface area contributed by atoms with Gasteiger partial charge in [-0.15, -0.1) is 0 Å². The number of benzene rings is 2. The minimum atomic E-state index is -1.18. The highest BCUT2D eigenvalue weighted by Gasteiger charge is 2.22. The molecule has 0 aromatic heterocycles. The fourth-order valence-electron chi connectivity index (χ4n) is 2.17. The first-order valence-electron chi connectivity index (χ1n) is 7.44. The van der Waals surface area contributed by atoms with Gasteiger partial charge in [0, 0.05) is 6.08 Å². The van der Waals surface area contributed by atoms with Crippen molar-refractivity contribution in [2.75, 3.05) is 7.11 Å². The molecular formula is C18H19NO6. The maximum absolute atomic E-state index is 11.2. The van der Waals surface area contributed by atoms with Crippen molar-refractivity contribution in [2.24, 2.45) is 0 Å². The van der Waals surface area contributed by atoms with Crippen molar-refractivity contribution in [3.63, 3.8) is 0 Å². The van der Waals surface area contributed by atoms with Gasteiger partial charge >= 0.3 is 0 Å². The molecule has 4 N–H and O–H groups in total. The molecule has 0 fully saturated rings. The first kappa shape index (κ1) is 18.3. The lowest BCUT2D eigenvalue weighted by Crippen LogP contribution is -2.24. The van der Waals surface area contributed by atoms with Gasteiger partial charge in [0.05, 0.1) is 7.11 Å². The average molecular weight is 345 g/mol. The molecular weight excluding hydrogens is 326 g/mol. The number of amides is 1. The molecule has 25 heavy (non-hydrogen) atoms. The SMILES string of the molecule is COc1ccc([C@@H](O)[C@@H](/C=C/C(=O)NO)Oc2ccccc2)cc1O. The topological polar surface area (TPSA) is 108 Å². The summed E-state index contributed by atoms with van der Waals surface area (Å²) in [6.45, 7) is 0. The van der Waals surface area contributed by atoms with Crippen LogP contribution >= 0.6 is 0 Å². The molecule has 132 valence electrons. The number of aliphatic hydroxyl groups excluding tert-OH is 1. The molecule has 0 aliphatic heterocycles. The van der Waals surface area contributed by atoms with Gasteiger partial charge in [-0.25, -0.2) is 5.48 Å². The van der Waals surface area contributed by atoms with Gasteiger partial charge in [0.2, 0.25) is 0 Å². The lowest BCUT2D eigenvalue weighted by Gasteiger charge is -2.22. The van der Waals surface area contributed by atoms with Crippen molar-refractivity contribution < 1.29 is 29.7 Å². The van der Waals surface area contributed by atoms with E-state index >= 15 is 0 Å². The number of hydrogen-bond acceptors (Lipinski definition) is 6. The normalized spacial score (nSPS) is 13.2. The van der Waals surface area contributed by atoms with Gasteiger partial charge in [-0.05, 0) is 35.9 Å². The van der Waals surface area contributed by atoms with Gasteiger partial charge in [-0.3, -0.25) is 10.0 Å². The zero-order valence-electron chi connectivity index (χ0n) is 13.5. The second-order valence-electron chi connectivity index (χ2n) is 5.11. The van der Waals surface area contributed by atoms with E-state index in [1.54, 1.807) is 30.3 Å². The maximum atomic E-state index is 11.2. The van der Waals surface area contributed by atoms with E-state index in [4.69, 9.17) is 14.7 Å². The maximum Gasteiger partial charge on any atom is 0.267 e. The predicted octanol–water partition coefficient (Wildman–Crippen LogP) is 1.94. The fraction of sp³-hybridized carbons (Fsp3) is 0.167. The Labute approximate surface area is 144 Å². The molecule has 1 amide bonds. The predicted molar refractivity (Wildman–Crippen MR) is 89.5 cm³/mol. The largest absolute Gasteiger partial charge is 0.504 e. The molecule has 0 radical (unpaired) electrons. The Kier molecular flexibility index (Phi) is 6.39. The van der Waals surface area contributed by atoms with Gasteiger partial charge in [0.25, 0.3) is 5.91 Å². The molecule has 0 aliphatic rings. The molecule has 0 unspecified atom stereocenters. The summed E-state index contributed by atoms with van der Waals surface area (Å²) in [6, 6.07) is 13.2. The fourth-order valence-corrected chi connectivity index (χ4v) is 2.17. The van der Waals surface area contributed by atoms with Gasteiger partial charge < -0.3 is 19.7 Å². The van der Waals surface area contributed by atoms with Gasteiger partial charge in [0.15, 0.2) is 11.5 Å². The second-order valence-corrected chi connectivity index (χ2v) is 5.11. The summed E-state index contributed by atoms with van der Waals surface area (Å²) >= 11 is 0. The summed E-state index contributed by atoms with van der Waals surface area (Å²) in [7, 11) is 1.42. The summed E-state index contributed by atoms with van der Waals surface area (Å²) < 4.78 is 10.7. The quantitative estimate of drug-likeness (QED) is 0.347. The summed E-state index contributed by atoms with van der Waals surface area (Å²) in [4.78, 5) is 11.2. The first-order chi connectivity index (χ1) is 12.0. The van der Waals surface area contributed by atoms with E-state index in [1.807, 2.05) is 6.07 Å². The minimum absolute atomic E-state index is 0.130. The Balaban J connectivity index is 2.27. The van der Waals surface area contributed by atoms with E-state index in [0.29, 0.717) is 11.3 Å². The van der Waals surface area contributed by atoms with E-state index in [-0.39, 0.29) is 11.5 Å². The van der Waals surface area contributed by atoms with Crippen LogP contribution in [0.4, 0.5) is 0 Å². The van der Waals surface area contributed by atoms with Crippen LogP contribution in [-0.2, 0) is 4.79 Å². The zero-order chi connectivity index (χ0) is 18.2. The zero-order valence-corrected chi connectivity index (χ0v) is 13.5. The minimum Gasteiger partial charge on any atom is -0.504 e. The number of hydroxylamine groups is 1. The van der Waals surface area contributed by atoms with Crippen LogP contribution in [0.1, 0.15) is 11.7 Å². The molecule has 7 heteroatoms. The Morgan fingerprint density at radius 1 is 1.20 bits per heavy atom. The van der Waals surface area contributed by atoms with Crippen LogP contribution in [-0.4, -0.2) is 34.5 Å². The highest BCUT2D eigenvalue weighted by Crippen LogP contribution is 2.31. The number of phenolic OH excluding ortho intramolecular Hbond substituents is 1. The van der Waals surface area contributed by atoms with Crippen molar-refractivity contribution in [3.05, 3.63) is 66.2 Å². The van der Waals surface area contributed by atoms with Crippen LogP contribution in [0.3, 0.4) is 0 Å². The van der Waals surface area contributed by atoms with Gasteiger partial charge in [0.1, 0.15) is 18.0 Å². The molecule has 0 spiro atoms. The smallest absolute Gasteiger partial charge is 0.267 e. The highest BCUT2D eigenvalue weighted by atomic mass is 16.5. The number of aliphatic hydroxyl groups is 1. The monoisotopic (exact) mass is 345 g/mol. The number of hydrogen-bond donors (Lipinski definition) is 4. The molecule has 0 aliphatic carbocycles. The Morgan fingerprint density at radius 3 is 2.52 bits per heavy atom. The molecule has 7 nitrogen and oxygen atoms in total. The average Bonchev–Trinajstić information content (AvgIpc) is 2.64. The number of phenols is 1. The third kappa shape index (κ3) is 4.97. The van der Waals surface area contributed by atoms with Gasteiger partial charge in [-0.1, -0.05) is 24.3 Å². The first-order valence-corrected chi connectivity index (χ1v) is 7.44. The lowest BCUT2D eigenvalue weighted by atomic mass is 10.0. The number of carbonyl (C=O) groups excluding carboxylic acids is 1. The van der Waals surface area contributed by atoms with Crippen molar-refractivity contribution >= 4 is 5.91 Å². The van der Waals surface area contributed by atoms with E-state index in [1.165, 1.54) is 30.8 Å². The molecule has 2 aromatic rings. The van der Waals surface area contributed by atoms with Crippen molar-refractivity contribution in [3.8, 4) is 17.2 Å². The number of aromatic hydroxyl groups is 1. The molecule has 0 saturated heterocycles. The van der Waals surface area contributed by atoms with Crippen molar-refractivity contribution in [1.29, 1.82) is 0 Å². The molecule has 0 bridgehead atoms. The van der Waals surface area contributed by atoms with Crippen LogP contribution in [0.5, 0.6) is 17.2 Å². The number of carbonyl (C=O) groups is 1. The number of ether oxygens (including phenoxy) is 2. The second kappa shape index (κ2) is 8.72. The van der Waals surface area contributed by atoms with Crippen molar-refractivity contribution in [1.82, 2.24) is 5.48 Å². The molecule has 2 aromatic carbocycles. The molecule has 2 atom stereocenters. The highest BCUT2D eigenvalue weighted by molar-refractivity contribution is 5.86. The lowest BCUT2D eigenvalue weighted by molar-refractivity contribution is -0.124.